The lowest BCUT2D eigenvalue weighted by molar-refractivity contribution is -0.119. The highest BCUT2D eigenvalue weighted by Crippen LogP contribution is 2.17. The Bertz CT molecular complexity index is 265. The fourth-order valence-electron chi connectivity index (χ4n) is 2.88. The van der Waals surface area contributed by atoms with E-state index in [0.717, 1.165) is 25.7 Å². The molecule has 1 aliphatic carbocycles. The van der Waals surface area contributed by atoms with Gasteiger partial charge in [-0.3, -0.25) is 4.79 Å². The molecule has 1 nitrogen and oxygen atoms in total. The maximum absolute atomic E-state index is 11.6. The van der Waals surface area contributed by atoms with Gasteiger partial charge >= 0.3 is 0 Å². The molecule has 0 aromatic rings. The third-order valence-electron chi connectivity index (χ3n) is 4.25. The van der Waals surface area contributed by atoms with Gasteiger partial charge < -0.3 is 0 Å². The van der Waals surface area contributed by atoms with Crippen molar-refractivity contribution in [3.8, 4) is 0 Å². The molecule has 0 heterocycles. The molecule has 0 saturated carbocycles. The predicted molar refractivity (Wildman–Crippen MR) is 83.4 cm³/mol. The van der Waals surface area contributed by atoms with Gasteiger partial charge in [-0.15, -0.1) is 0 Å². The fraction of sp³-hybridized carbons (Fsp3) is 0.833. The van der Waals surface area contributed by atoms with Crippen LogP contribution in [0.4, 0.5) is 0 Å². The first-order valence-electron chi connectivity index (χ1n) is 8.52. The summed E-state index contributed by atoms with van der Waals surface area (Å²) in [5, 5.41) is 0. The molecule has 0 spiro atoms. The summed E-state index contributed by atoms with van der Waals surface area (Å²) in [6.45, 7) is 2.29. The summed E-state index contributed by atoms with van der Waals surface area (Å²) in [6.07, 6.45) is 19.2. The van der Waals surface area contributed by atoms with Crippen molar-refractivity contribution < 1.29 is 4.79 Å². The molecular weight excluding hydrogens is 232 g/mol. The van der Waals surface area contributed by atoms with Crippen molar-refractivity contribution in [2.24, 2.45) is 0 Å². The average Bonchev–Trinajstić information content (AvgIpc) is 2.41. The van der Waals surface area contributed by atoms with Crippen LogP contribution in [-0.2, 0) is 4.79 Å². The second-order valence-electron chi connectivity index (χ2n) is 5.98. The van der Waals surface area contributed by atoms with Gasteiger partial charge in [-0.2, -0.15) is 0 Å². The van der Waals surface area contributed by atoms with Crippen LogP contribution in [0.1, 0.15) is 96.8 Å². The molecule has 1 aliphatic rings. The summed E-state index contributed by atoms with van der Waals surface area (Å²) in [7, 11) is 0. The van der Waals surface area contributed by atoms with Crippen LogP contribution in [0.25, 0.3) is 0 Å². The van der Waals surface area contributed by atoms with Crippen LogP contribution in [0.5, 0.6) is 0 Å². The third-order valence-corrected chi connectivity index (χ3v) is 4.25. The van der Waals surface area contributed by atoms with Gasteiger partial charge in [0.2, 0.25) is 0 Å². The zero-order valence-corrected chi connectivity index (χ0v) is 12.9. The second kappa shape index (κ2) is 11.3. The Kier molecular flexibility index (Phi) is 9.75. The Balaban J connectivity index is 2.32. The van der Waals surface area contributed by atoms with Crippen molar-refractivity contribution in [1.29, 1.82) is 0 Å². The van der Waals surface area contributed by atoms with E-state index in [1.807, 2.05) is 0 Å². The van der Waals surface area contributed by atoms with E-state index in [1.54, 1.807) is 5.57 Å². The Labute approximate surface area is 119 Å². The zero-order valence-electron chi connectivity index (χ0n) is 12.9. The molecule has 1 rings (SSSR count). The van der Waals surface area contributed by atoms with Crippen molar-refractivity contribution >= 4 is 5.78 Å². The van der Waals surface area contributed by atoms with Crippen LogP contribution in [0, 0.1) is 0 Å². The van der Waals surface area contributed by atoms with Crippen LogP contribution in [0.2, 0.25) is 0 Å². The second-order valence-corrected chi connectivity index (χ2v) is 5.98. The van der Waals surface area contributed by atoms with Crippen LogP contribution >= 0.6 is 0 Å². The molecule has 19 heavy (non-hydrogen) atoms. The highest BCUT2D eigenvalue weighted by molar-refractivity contribution is 5.78. The largest absolute Gasteiger partial charge is 0.300 e. The Morgan fingerprint density at radius 1 is 0.789 bits per heavy atom. The lowest BCUT2D eigenvalue weighted by atomic mass is 9.99. The minimum atomic E-state index is 0.500. The predicted octanol–water partition coefficient (Wildman–Crippen LogP) is 5.98. The topological polar surface area (TPSA) is 17.1 Å². The van der Waals surface area contributed by atoms with E-state index >= 15 is 0 Å². The Hall–Kier alpha value is -0.590. The van der Waals surface area contributed by atoms with E-state index < -0.39 is 0 Å². The van der Waals surface area contributed by atoms with Gasteiger partial charge in [-0.1, -0.05) is 50.7 Å². The normalized spacial score (nSPS) is 24.7. The van der Waals surface area contributed by atoms with Gasteiger partial charge in [0.1, 0.15) is 5.78 Å². The number of carbonyl (C=O) groups is 1. The quantitative estimate of drug-likeness (QED) is 0.533. The molecule has 0 unspecified atom stereocenters. The molecule has 0 atom stereocenters. The lowest BCUT2D eigenvalue weighted by Crippen LogP contribution is -1.97. The maximum Gasteiger partial charge on any atom is 0.132 e. The molecule has 0 radical (unpaired) electrons. The number of rotatable bonds is 1. The van der Waals surface area contributed by atoms with E-state index in [1.165, 1.54) is 64.2 Å². The van der Waals surface area contributed by atoms with Crippen LogP contribution in [0.3, 0.4) is 0 Å². The van der Waals surface area contributed by atoms with E-state index in [0.29, 0.717) is 5.78 Å². The molecule has 0 aliphatic heterocycles. The van der Waals surface area contributed by atoms with Gasteiger partial charge in [0.05, 0.1) is 0 Å². The molecule has 0 aromatic heterocycles. The SMILES string of the molecule is CC/C1=C/CCCCCCC(=O)CCCCCCC1. The summed E-state index contributed by atoms with van der Waals surface area (Å²) in [4.78, 5) is 11.6. The first-order valence-corrected chi connectivity index (χ1v) is 8.52. The van der Waals surface area contributed by atoms with Gasteiger partial charge in [-0.05, 0) is 44.9 Å². The van der Waals surface area contributed by atoms with Crippen molar-refractivity contribution in [1.82, 2.24) is 0 Å². The molecule has 0 bridgehead atoms. The van der Waals surface area contributed by atoms with Crippen molar-refractivity contribution in [2.45, 2.75) is 96.8 Å². The monoisotopic (exact) mass is 264 g/mol. The molecule has 0 fully saturated rings. The molecule has 0 N–H and O–H groups in total. The Morgan fingerprint density at radius 2 is 1.32 bits per heavy atom. The van der Waals surface area contributed by atoms with E-state index in [2.05, 4.69) is 13.0 Å². The average molecular weight is 264 g/mol. The van der Waals surface area contributed by atoms with Crippen LogP contribution in [-0.4, -0.2) is 5.78 Å². The summed E-state index contributed by atoms with van der Waals surface area (Å²) >= 11 is 0. The fourth-order valence-corrected chi connectivity index (χ4v) is 2.88. The summed E-state index contributed by atoms with van der Waals surface area (Å²) in [5.74, 6) is 0.500. The maximum atomic E-state index is 11.6. The molecular formula is C18H32O. The van der Waals surface area contributed by atoms with Crippen molar-refractivity contribution in [3.05, 3.63) is 11.6 Å². The highest BCUT2D eigenvalue weighted by Gasteiger charge is 2.03. The van der Waals surface area contributed by atoms with Gasteiger partial charge in [0.25, 0.3) is 0 Å². The third kappa shape index (κ3) is 9.02. The van der Waals surface area contributed by atoms with Crippen LogP contribution < -0.4 is 0 Å². The van der Waals surface area contributed by atoms with E-state index in [9.17, 15) is 4.79 Å². The first-order chi connectivity index (χ1) is 9.33. The molecule has 1 heteroatoms. The van der Waals surface area contributed by atoms with Gasteiger partial charge in [0, 0.05) is 12.8 Å². The molecule has 110 valence electrons. The number of Topliss-reactive ketones (excluding diaryl/α,β-unsaturated/α-hetero) is 1. The summed E-state index contributed by atoms with van der Waals surface area (Å²) < 4.78 is 0. The van der Waals surface area contributed by atoms with Gasteiger partial charge in [-0.25, -0.2) is 0 Å². The van der Waals surface area contributed by atoms with E-state index in [-0.39, 0.29) is 0 Å². The highest BCUT2D eigenvalue weighted by atomic mass is 16.1. The number of hydrogen-bond donors (Lipinski definition) is 0. The standard InChI is InChI=1S/C18H32O/c1-2-17-13-9-5-3-7-11-15-18(19)16-12-8-4-6-10-14-17/h13H,2-12,14-16H2,1H3/b17-13-. The minimum Gasteiger partial charge on any atom is -0.300 e. The van der Waals surface area contributed by atoms with E-state index in [4.69, 9.17) is 0 Å². The lowest BCUT2D eigenvalue weighted by Gasteiger charge is -2.07. The number of allylic oxidation sites excluding steroid dienone is 2. The van der Waals surface area contributed by atoms with Crippen molar-refractivity contribution in [2.75, 3.05) is 0 Å². The molecule has 0 amide bonds. The number of hydrogen-bond acceptors (Lipinski definition) is 1. The Morgan fingerprint density at radius 3 is 1.95 bits per heavy atom. The minimum absolute atomic E-state index is 0.500. The smallest absolute Gasteiger partial charge is 0.132 e. The van der Waals surface area contributed by atoms with Crippen LogP contribution in [0.15, 0.2) is 11.6 Å². The molecule has 0 aromatic carbocycles. The zero-order chi connectivity index (χ0) is 13.8. The summed E-state index contributed by atoms with van der Waals surface area (Å²) in [5.41, 5.74) is 1.67. The summed E-state index contributed by atoms with van der Waals surface area (Å²) in [6, 6.07) is 0. The van der Waals surface area contributed by atoms with Crippen molar-refractivity contribution in [3.63, 3.8) is 0 Å². The number of carbonyl (C=O) groups excluding carboxylic acids is 1. The van der Waals surface area contributed by atoms with Gasteiger partial charge in [0.15, 0.2) is 0 Å². The first kappa shape index (κ1) is 16.5. The molecule has 0 saturated heterocycles. The number of ketones is 1.